The fourth-order valence-electron chi connectivity index (χ4n) is 4.32. The maximum Gasteiger partial charge on any atom is 0.220 e. The number of nitrogens with one attached hydrogen (secondary N) is 1. The predicted molar refractivity (Wildman–Crippen MR) is 118 cm³/mol. The average molecular weight is 390 g/mol. The summed E-state index contributed by atoms with van der Waals surface area (Å²) in [5.41, 5.74) is 15.8. The van der Waals surface area contributed by atoms with Crippen LogP contribution in [0.3, 0.4) is 0 Å². The summed E-state index contributed by atoms with van der Waals surface area (Å²) in [6.45, 7) is 0. The van der Waals surface area contributed by atoms with Crippen LogP contribution in [0.25, 0.3) is 44.4 Å². The average Bonchev–Trinajstić information content (AvgIpc) is 3.26. The molecule has 3 heterocycles. The molecule has 6 rings (SSSR count). The summed E-state index contributed by atoms with van der Waals surface area (Å²) in [6, 6.07) is 14.9. The van der Waals surface area contributed by atoms with Crippen molar-refractivity contribution < 1.29 is 0 Å². The molecule has 0 spiro atoms. The molecule has 0 fully saturated rings. The van der Waals surface area contributed by atoms with E-state index in [4.69, 9.17) is 5.73 Å². The molecule has 0 amide bonds. The van der Waals surface area contributed by atoms with Crippen LogP contribution in [-0.4, -0.2) is 24.9 Å². The highest BCUT2D eigenvalue weighted by Crippen LogP contribution is 2.41. The minimum atomic E-state index is 0.319. The van der Waals surface area contributed by atoms with Crippen molar-refractivity contribution in [2.75, 3.05) is 5.73 Å². The Kier molecular flexibility index (Phi) is 3.64. The first-order valence-electron chi connectivity index (χ1n) is 9.89. The number of fused-ring (bicyclic) bond motifs is 4. The van der Waals surface area contributed by atoms with E-state index in [-0.39, 0.29) is 0 Å². The number of H-pyrrole nitrogens is 1. The summed E-state index contributed by atoms with van der Waals surface area (Å²) >= 11 is 0. The van der Waals surface area contributed by atoms with Crippen LogP contribution in [0.4, 0.5) is 5.95 Å². The van der Waals surface area contributed by atoms with Gasteiger partial charge in [0.05, 0.1) is 11.4 Å². The van der Waals surface area contributed by atoms with Gasteiger partial charge in [-0.15, -0.1) is 0 Å². The van der Waals surface area contributed by atoms with E-state index in [1.54, 1.807) is 6.33 Å². The van der Waals surface area contributed by atoms with Gasteiger partial charge in [-0.2, -0.15) is 0 Å². The zero-order valence-corrected chi connectivity index (χ0v) is 16.1. The topological polar surface area (TPSA) is 93.4 Å². The molecular weight excluding hydrogens is 372 g/mol. The van der Waals surface area contributed by atoms with Crippen molar-refractivity contribution in [3.05, 3.63) is 78.6 Å². The van der Waals surface area contributed by atoms with Crippen LogP contribution in [0.1, 0.15) is 11.3 Å². The van der Waals surface area contributed by atoms with Gasteiger partial charge in [-0.25, -0.2) is 19.9 Å². The van der Waals surface area contributed by atoms with Crippen molar-refractivity contribution in [2.45, 2.75) is 12.8 Å². The van der Waals surface area contributed by atoms with Crippen LogP contribution in [0.2, 0.25) is 0 Å². The first-order chi connectivity index (χ1) is 14.8. The van der Waals surface area contributed by atoms with E-state index in [2.05, 4.69) is 67.4 Å². The number of aromatic amines is 1. The Morgan fingerprint density at radius 2 is 1.70 bits per heavy atom. The van der Waals surface area contributed by atoms with E-state index >= 15 is 0 Å². The highest BCUT2D eigenvalue weighted by Gasteiger charge is 2.24. The molecule has 2 aromatic carbocycles. The van der Waals surface area contributed by atoms with E-state index in [9.17, 15) is 0 Å². The molecular formula is C24H18N6. The molecule has 0 bridgehead atoms. The largest absolute Gasteiger partial charge is 0.368 e. The zero-order valence-electron chi connectivity index (χ0n) is 16.1. The number of nitrogens with zero attached hydrogens (tertiary/aromatic N) is 4. The Morgan fingerprint density at radius 1 is 0.833 bits per heavy atom. The van der Waals surface area contributed by atoms with Crippen LogP contribution in [0.15, 0.2) is 67.4 Å². The van der Waals surface area contributed by atoms with Crippen molar-refractivity contribution in [1.29, 1.82) is 0 Å². The molecule has 6 nitrogen and oxygen atoms in total. The molecule has 3 N–H and O–H groups in total. The third kappa shape index (κ3) is 2.65. The number of anilines is 1. The SMILES string of the molecule is Nc1nc2c(c(-c3ccc4[nH]ccc4c3)n1)-c1ccc(-c3cncnc3)cc1CC2. The van der Waals surface area contributed by atoms with Gasteiger partial charge in [0.15, 0.2) is 0 Å². The molecule has 1 aliphatic carbocycles. The molecule has 1 aliphatic rings. The Balaban J connectivity index is 1.55. The van der Waals surface area contributed by atoms with Crippen LogP contribution in [0.5, 0.6) is 0 Å². The van der Waals surface area contributed by atoms with Crippen molar-refractivity contribution >= 4 is 16.9 Å². The minimum Gasteiger partial charge on any atom is -0.368 e. The van der Waals surface area contributed by atoms with Crippen LogP contribution in [-0.2, 0) is 12.8 Å². The van der Waals surface area contributed by atoms with Gasteiger partial charge in [-0.1, -0.05) is 24.3 Å². The number of hydrogen-bond donors (Lipinski definition) is 2. The number of hydrogen-bond acceptors (Lipinski definition) is 5. The fraction of sp³-hybridized carbons (Fsp3) is 0.0833. The van der Waals surface area contributed by atoms with Gasteiger partial charge in [0.25, 0.3) is 0 Å². The van der Waals surface area contributed by atoms with Gasteiger partial charge in [0.1, 0.15) is 6.33 Å². The van der Waals surface area contributed by atoms with Crippen molar-refractivity contribution in [3.8, 4) is 33.5 Å². The molecule has 5 aromatic rings. The highest BCUT2D eigenvalue weighted by molar-refractivity contribution is 5.91. The van der Waals surface area contributed by atoms with E-state index in [1.165, 1.54) is 11.1 Å². The Labute approximate surface area is 172 Å². The number of nitrogen functional groups attached to an aromatic ring is 1. The number of aryl methyl sites for hydroxylation is 2. The van der Waals surface area contributed by atoms with Gasteiger partial charge >= 0.3 is 0 Å². The quantitative estimate of drug-likeness (QED) is 0.465. The Morgan fingerprint density at radius 3 is 2.60 bits per heavy atom. The summed E-state index contributed by atoms with van der Waals surface area (Å²) in [7, 11) is 0. The third-order valence-electron chi connectivity index (χ3n) is 5.73. The standard InChI is InChI=1S/C24H18N6/c25-24-29-21-6-2-15-9-14(18-11-26-13-27-12-18)1-4-19(15)22(21)23(30-24)17-3-5-20-16(10-17)7-8-28-20/h1,3-5,7-13,28H,2,6H2,(H2,25,29,30). The van der Waals surface area contributed by atoms with E-state index in [1.807, 2.05) is 18.6 Å². The second-order valence-electron chi connectivity index (χ2n) is 7.53. The first kappa shape index (κ1) is 16.9. The Bertz CT molecular complexity index is 1400. The van der Waals surface area contributed by atoms with Crippen molar-refractivity contribution in [3.63, 3.8) is 0 Å². The van der Waals surface area contributed by atoms with Gasteiger partial charge in [0, 0.05) is 46.2 Å². The summed E-state index contributed by atoms with van der Waals surface area (Å²) in [5.74, 6) is 0.319. The smallest absolute Gasteiger partial charge is 0.220 e. The highest BCUT2D eigenvalue weighted by atomic mass is 15.0. The van der Waals surface area contributed by atoms with Gasteiger partial charge < -0.3 is 10.7 Å². The van der Waals surface area contributed by atoms with E-state index in [0.29, 0.717) is 5.95 Å². The van der Waals surface area contributed by atoms with Gasteiger partial charge in [0.2, 0.25) is 5.95 Å². The lowest BCUT2D eigenvalue weighted by molar-refractivity contribution is 0.889. The maximum absolute atomic E-state index is 6.09. The molecule has 0 aliphatic heterocycles. The number of benzene rings is 2. The third-order valence-corrected chi connectivity index (χ3v) is 5.73. The fourth-order valence-corrected chi connectivity index (χ4v) is 4.32. The normalized spacial score (nSPS) is 12.5. The van der Waals surface area contributed by atoms with Crippen LogP contribution >= 0.6 is 0 Å². The zero-order chi connectivity index (χ0) is 20.1. The predicted octanol–water partition coefficient (Wildman–Crippen LogP) is 4.43. The lowest BCUT2D eigenvalue weighted by atomic mass is 9.84. The van der Waals surface area contributed by atoms with E-state index in [0.717, 1.165) is 57.4 Å². The lowest BCUT2D eigenvalue weighted by Gasteiger charge is -2.22. The van der Waals surface area contributed by atoms with Crippen LogP contribution < -0.4 is 5.73 Å². The van der Waals surface area contributed by atoms with Crippen LogP contribution in [0, 0.1) is 0 Å². The van der Waals surface area contributed by atoms with Crippen molar-refractivity contribution in [1.82, 2.24) is 24.9 Å². The number of rotatable bonds is 2. The first-order valence-corrected chi connectivity index (χ1v) is 9.89. The minimum absolute atomic E-state index is 0.319. The summed E-state index contributed by atoms with van der Waals surface area (Å²) in [5, 5.41) is 1.15. The second-order valence-corrected chi connectivity index (χ2v) is 7.53. The summed E-state index contributed by atoms with van der Waals surface area (Å²) in [6.07, 6.45) is 8.93. The monoisotopic (exact) mass is 390 g/mol. The number of nitrogens with two attached hydrogens (primary N) is 1. The molecule has 0 atom stereocenters. The second kappa shape index (κ2) is 6.49. The molecule has 0 radical (unpaired) electrons. The maximum atomic E-state index is 6.09. The molecule has 0 unspecified atom stereocenters. The summed E-state index contributed by atoms with van der Waals surface area (Å²) in [4.78, 5) is 20.8. The molecule has 30 heavy (non-hydrogen) atoms. The van der Waals surface area contributed by atoms with Gasteiger partial charge in [-0.3, -0.25) is 0 Å². The number of aromatic nitrogens is 5. The molecule has 3 aromatic heterocycles. The van der Waals surface area contributed by atoms with Gasteiger partial charge in [-0.05, 0) is 47.7 Å². The van der Waals surface area contributed by atoms with E-state index < -0.39 is 0 Å². The van der Waals surface area contributed by atoms with Crippen molar-refractivity contribution in [2.24, 2.45) is 0 Å². The molecule has 144 valence electrons. The lowest BCUT2D eigenvalue weighted by Crippen LogP contribution is -2.11. The molecule has 0 saturated heterocycles. The summed E-state index contributed by atoms with van der Waals surface area (Å²) < 4.78 is 0. The Hall–Kier alpha value is -4.06. The molecule has 6 heteroatoms. The molecule has 0 saturated carbocycles.